The predicted octanol–water partition coefficient (Wildman–Crippen LogP) is 1.79. The van der Waals surface area contributed by atoms with Gasteiger partial charge in [0.2, 0.25) is 0 Å². The van der Waals surface area contributed by atoms with Gasteiger partial charge in [0.1, 0.15) is 5.75 Å². The summed E-state index contributed by atoms with van der Waals surface area (Å²) in [5, 5.41) is 19.1. The molecule has 0 fully saturated rings. The number of hydrogen-bond donors (Lipinski definition) is 2. The van der Waals surface area contributed by atoms with Crippen molar-refractivity contribution in [3.8, 4) is 5.75 Å². The number of nitro groups is 1. The van der Waals surface area contributed by atoms with E-state index in [0.717, 1.165) is 0 Å². The van der Waals surface area contributed by atoms with E-state index in [-0.39, 0.29) is 11.4 Å². The summed E-state index contributed by atoms with van der Waals surface area (Å²) in [6, 6.07) is 3.98. The van der Waals surface area contributed by atoms with Crippen molar-refractivity contribution < 1.29 is 14.9 Å². The zero-order valence-corrected chi connectivity index (χ0v) is 7.56. The highest BCUT2D eigenvalue weighted by atomic mass is 16.6. The van der Waals surface area contributed by atoms with Crippen LogP contribution in [0.25, 0.3) is 0 Å². The number of anilines is 1. The molecular formula is C8H10N2O4. The summed E-state index contributed by atoms with van der Waals surface area (Å²) in [7, 11) is 0. The zero-order chi connectivity index (χ0) is 10.6. The summed E-state index contributed by atoms with van der Waals surface area (Å²) >= 11 is 0. The summed E-state index contributed by atoms with van der Waals surface area (Å²) in [4.78, 5) is 9.91. The van der Waals surface area contributed by atoms with E-state index in [1.165, 1.54) is 18.2 Å². The second-order valence-electron chi connectivity index (χ2n) is 2.52. The maximum atomic E-state index is 10.5. The molecule has 1 rings (SSSR count). The van der Waals surface area contributed by atoms with Crippen LogP contribution in [0.15, 0.2) is 18.2 Å². The largest absolute Gasteiger partial charge is 0.494 e. The molecule has 0 aliphatic heterocycles. The first-order valence-electron chi connectivity index (χ1n) is 3.99. The van der Waals surface area contributed by atoms with Crippen molar-refractivity contribution in [2.75, 3.05) is 12.1 Å². The van der Waals surface area contributed by atoms with Gasteiger partial charge in [-0.15, -0.1) is 0 Å². The Morgan fingerprint density at radius 1 is 1.57 bits per heavy atom. The maximum absolute atomic E-state index is 10.5. The van der Waals surface area contributed by atoms with Crippen molar-refractivity contribution in [1.29, 1.82) is 0 Å². The molecule has 14 heavy (non-hydrogen) atoms. The van der Waals surface area contributed by atoms with Gasteiger partial charge in [-0.3, -0.25) is 20.8 Å². The van der Waals surface area contributed by atoms with E-state index >= 15 is 0 Å². The summed E-state index contributed by atoms with van der Waals surface area (Å²) in [6.07, 6.45) is 0. The highest BCUT2D eigenvalue weighted by Crippen LogP contribution is 2.25. The third-order valence-electron chi connectivity index (χ3n) is 1.54. The fourth-order valence-corrected chi connectivity index (χ4v) is 1.00. The molecule has 1 aromatic rings. The molecule has 0 radical (unpaired) electrons. The van der Waals surface area contributed by atoms with Crippen molar-refractivity contribution in [1.82, 2.24) is 0 Å². The van der Waals surface area contributed by atoms with E-state index in [9.17, 15) is 10.1 Å². The van der Waals surface area contributed by atoms with Gasteiger partial charge >= 0.3 is 0 Å². The van der Waals surface area contributed by atoms with Gasteiger partial charge in [-0.25, -0.2) is 0 Å². The number of benzene rings is 1. The number of rotatable bonds is 4. The molecule has 0 aliphatic rings. The Morgan fingerprint density at radius 3 is 2.79 bits per heavy atom. The van der Waals surface area contributed by atoms with Crippen LogP contribution in [0, 0.1) is 10.1 Å². The molecule has 0 spiro atoms. The summed E-state index contributed by atoms with van der Waals surface area (Å²) in [5.74, 6) is 0.346. The first kappa shape index (κ1) is 10.3. The molecule has 0 bridgehead atoms. The van der Waals surface area contributed by atoms with Crippen LogP contribution in [-0.2, 0) is 0 Å². The van der Waals surface area contributed by atoms with Gasteiger partial charge in [0, 0.05) is 12.1 Å². The van der Waals surface area contributed by atoms with E-state index in [2.05, 4.69) is 0 Å². The molecule has 6 heteroatoms. The number of nitrogens with zero attached hydrogens (tertiary/aromatic N) is 1. The van der Waals surface area contributed by atoms with Gasteiger partial charge in [0.05, 0.1) is 23.3 Å². The second kappa shape index (κ2) is 4.43. The van der Waals surface area contributed by atoms with Crippen LogP contribution in [0.1, 0.15) is 6.92 Å². The van der Waals surface area contributed by atoms with Crippen LogP contribution in [0.5, 0.6) is 5.75 Å². The summed E-state index contributed by atoms with van der Waals surface area (Å²) < 4.78 is 5.08. The molecule has 0 saturated carbocycles. The Kier molecular flexibility index (Phi) is 3.24. The summed E-state index contributed by atoms with van der Waals surface area (Å²) in [6.45, 7) is 2.18. The standard InChI is InChI=1S/C8H10N2O4/c1-2-14-8-4-6(9-11)3-7(5-8)10(12)13/h3-5,9,11H,2H2,1H3. The van der Waals surface area contributed by atoms with Gasteiger partial charge in [0.15, 0.2) is 0 Å². The van der Waals surface area contributed by atoms with Crippen molar-refractivity contribution >= 4 is 11.4 Å². The van der Waals surface area contributed by atoms with E-state index in [4.69, 9.17) is 9.94 Å². The van der Waals surface area contributed by atoms with Crippen LogP contribution < -0.4 is 10.2 Å². The molecule has 0 aromatic heterocycles. The lowest BCUT2D eigenvalue weighted by Gasteiger charge is -2.05. The molecule has 0 unspecified atom stereocenters. The molecule has 0 amide bonds. The highest BCUT2D eigenvalue weighted by Gasteiger charge is 2.09. The number of nitrogens with one attached hydrogen (secondary N) is 1. The minimum absolute atomic E-state index is 0.132. The topological polar surface area (TPSA) is 84.6 Å². The van der Waals surface area contributed by atoms with Crippen LogP contribution in [0.2, 0.25) is 0 Å². The van der Waals surface area contributed by atoms with Crippen molar-refractivity contribution in [2.24, 2.45) is 0 Å². The van der Waals surface area contributed by atoms with Gasteiger partial charge in [-0.2, -0.15) is 0 Å². The van der Waals surface area contributed by atoms with Crippen LogP contribution in [-0.4, -0.2) is 16.7 Å². The first-order chi connectivity index (χ1) is 6.67. The molecule has 0 saturated heterocycles. The quantitative estimate of drug-likeness (QED) is 0.569. The minimum Gasteiger partial charge on any atom is -0.494 e. The molecule has 6 nitrogen and oxygen atoms in total. The Balaban J connectivity index is 3.06. The van der Waals surface area contributed by atoms with Crippen molar-refractivity contribution in [2.45, 2.75) is 6.92 Å². The lowest BCUT2D eigenvalue weighted by atomic mass is 10.2. The SMILES string of the molecule is CCOc1cc(NO)cc([N+](=O)[O-])c1. The fourth-order valence-electron chi connectivity index (χ4n) is 1.00. The maximum Gasteiger partial charge on any atom is 0.275 e. The molecule has 0 aliphatic carbocycles. The Hall–Kier alpha value is -1.82. The van der Waals surface area contributed by atoms with Crippen molar-refractivity contribution in [3.63, 3.8) is 0 Å². The van der Waals surface area contributed by atoms with E-state index in [1.807, 2.05) is 5.48 Å². The predicted molar refractivity (Wildman–Crippen MR) is 49.7 cm³/mol. The molecule has 1 aromatic carbocycles. The second-order valence-corrected chi connectivity index (χ2v) is 2.52. The number of hydrogen-bond acceptors (Lipinski definition) is 5. The molecule has 2 N–H and O–H groups in total. The first-order valence-corrected chi connectivity index (χ1v) is 3.99. The molecule has 0 heterocycles. The monoisotopic (exact) mass is 198 g/mol. The van der Waals surface area contributed by atoms with Crippen LogP contribution in [0.4, 0.5) is 11.4 Å². The van der Waals surface area contributed by atoms with E-state index in [1.54, 1.807) is 6.92 Å². The fraction of sp³-hybridized carbons (Fsp3) is 0.250. The number of nitro benzene ring substituents is 1. The third kappa shape index (κ3) is 2.33. The smallest absolute Gasteiger partial charge is 0.275 e. The van der Waals surface area contributed by atoms with Gasteiger partial charge in [0.25, 0.3) is 5.69 Å². The highest BCUT2D eigenvalue weighted by molar-refractivity contribution is 5.55. The van der Waals surface area contributed by atoms with Crippen molar-refractivity contribution in [3.05, 3.63) is 28.3 Å². The van der Waals surface area contributed by atoms with Gasteiger partial charge in [-0.1, -0.05) is 0 Å². The minimum atomic E-state index is -0.552. The van der Waals surface area contributed by atoms with Gasteiger partial charge in [-0.05, 0) is 6.92 Å². The Morgan fingerprint density at radius 2 is 2.29 bits per heavy atom. The average Bonchev–Trinajstić information content (AvgIpc) is 2.17. The Bertz CT molecular complexity index is 340. The molecule has 0 atom stereocenters. The number of non-ortho nitro benzene ring substituents is 1. The van der Waals surface area contributed by atoms with Gasteiger partial charge < -0.3 is 4.74 Å². The van der Waals surface area contributed by atoms with E-state index in [0.29, 0.717) is 12.4 Å². The number of ether oxygens (including phenoxy) is 1. The molecular weight excluding hydrogens is 188 g/mol. The average molecular weight is 198 g/mol. The van der Waals surface area contributed by atoms with Crippen LogP contribution >= 0.6 is 0 Å². The Labute approximate surface area is 80.2 Å². The zero-order valence-electron chi connectivity index (χ0n) is 7.56. The molecule has 76 valence electrons. The van der Waals surface area contributed by atoms with E-state index < -0.39 is 4.92 Å². The van der Waals surface area contributed by atoms with Crippen LogP contribution in [0.3, 0.4) is 0 Å². The summed E-state index contributed by atoms with van der Waals surface area (Å²) in [5.41, 5.74) is 1.93. The lowest BCUT2D eigenvalue weighted by Crippen LogP contribution is -1.97. The third-order valence-corrected chi connectivity index (χ3v) is 1.54. The lowest BCUT2D eigenvalue weighted by molar-refractivity contribution is -0.384. The normalized spacial score (nSPS) is 9.57.